The predicted octanol–water partition coefficient (Wildman–Crippen LogP) is 5.03. The molecule has 0 atom stereocenters. The molecule has 0 amide bonds. The summed E-state index contributed by atoms with van der Waals surface area (Å²) in [4.78, 5) is 0. The third kappa shape index (κ3) is 14.1. The molecule has 0 saturated carbocycles. The highest BCUT2D eigenvalue weighted by Crippen LogP contribution is 2.22. The number of hydrogen-bond acceptors (Lipinski definition) is 1. The van der Waals surface area contributed by atoms with E-state index in [-0.39, 0.29) is 5.75 Å². The van der Waals surface area contributed by atoms with Gasteiger partial charge in [-0.25, -0.2) is 0 Å². The fourth-order valence-electron chi connectivity index (χ4n) is 1.27. The Labute approximate surface area is 95.0 Å². The van der Waals surface area contributed by atoms with Crippen LogP contribution in [0.3, 0.4) is 0 Å². The topological polar surface area (TPSA) is 0 Å². The monoisotopic (exact) mass is 242 g/mol. The van der Waals surface area contributed by atoms with Gasteiger partial charge in [0.2, 0.25) is 0 Å². The summed E-state index contributed by atoms with van der Waals surface area (Å²) in [5.41, 5.74) is 0. The summed E-state index contributed by atoms with van der Waals surface area (Å²) in [6.45, 7) is 2.17. The number of alkyl halides is 3. The number of rotatable bonds is 9. The largest absolute Gasteiger partial charge is 0.389 e. The molecule has 0 unspecified atom stereocenters. The summed E-state index contributed by atoms with van der Waals surface area (Å²) >= 11 is 1.42. The van der Waals surface area contributed by atoms with Gasteiger partial charge < -0.3 is 0 Å². The van der Waals surface area contributed by atoms with Crippen molar-refractivity contribution in [2.45, 2.75) is 58.0 Å². The minimum Gasteiger partial charge on any atom is -0.171 e. The molecule has 0 aliphatic heterocycles. The Morgan fingerprint density at radius 2 is 1.47 bits per heavy atom. The van der Waals surface area contributed by atoms with Gasteiger partial charge in [-0.05, 0) is 12.2 Å². The van der Waals surface area contributed by atoms with Gasteiger partial charge in [0.05, 0.1) is 6.42 Å². The second-order valence-corrected chi connectivity index (χ2v) is 4.97. The zero-order valence-electron chi connectivity index (χ0n) is 9.41. The van der Waals surface area contributed by atoms with Crippen molar-refractivity contribution in [2.75, 3.05) is 11.5 Å². The molecule has 0 nitrogen and oxygen atoms in total. The summed E-state index contributed by atoms with van der Waals surface area (Å²) in [7, 11) is 0. The number of halogens is 3. The van der Waals surface area contributed by atoms with E-state index in [4.69, 9.17) is 0 Å². The Morgan fingerprint density at radius 1 is 0.867 bits per heavy atom. The van der Waals surface area contributed by atoms with E-state index in [9.17, 15) is 13.2 Å². The van der Waals surface area contributed by atoms with Crippen LogP contribution in [0.15, 0.2) is 0 Å². The van der Waals surface area contributed by atoms with Gasteiger partial charge in [-0.2, -0.15) is 24.9 Å². The van der Waals surface area contributed by atoms with Gasteiger partial charge in [-0.1, -0.05) is 39.0 Å². The van der Waals surface area contributed by atoms with Gasteiger partial charge in [-0.3, -0.25) is 0 Å². The molecule has 0 aromatic rings. The first-order valence-electron chi connectivity index (χ1n) is 5.70. The van der Waals surface area contributed by atoms with E-state index < -0.39 is 12.6 Å². The molecule has 0 aliphatic carbocycles. The molecule has 15 heavy (non-hydrogen) atoms. The molecule has 0 bridgehead atoms. The maximum atomic E-state index is 11.8. The zero-order chi connectivity index (χ0) is 11.6. The lowest BCUT2D eigenvalue weighted by Gasteiger charge is -2.05. The molecule has 92 valence electrons. The van der Waals surface area contributed by atoms with Crippen molar-refractivity contribution < 1.29 is 13.2 Å². The predicted molar refractivity (Wildman–Crippen MR) is 61.4 cm³/mol. The second-order valence-electron chi connectivity index (χ2n) is 3.75. The van der Waals surface area contributed by atoms with Crippen molar-refractivity contribution in [3.8, 4) is 0 Å². The number of unbranched alkanes of at least 4 members (excludes halogenated alkanes) is 5. The van der Waals surface area contributed by atoms with E-state index in [1.165, 1.54) is 43.9 Å². The van der Waals surface area contributed by atoms with E-state index in [1.807, 2.05) is 0 Å². The second kappa shape index (κ2) is 9.37. The van der Waals surface area contributed by atoms with Crippen LogP contribution in [0, 0.1) is 0 Å². The Bertz CT molecular complexity index is 134. The SMILES string of the molecule is CCCCCCCCSCCC(F)(F)F. The van der Waals surface area contributed by atoms with E-state index in [1.54, 1.807) is 0 Å². The van der Waals surface area contributed by atoms with Crippen molar-refractivity contribution in [2.24, 2.45) is 0 Å². The first-order valence-corrected chi connectivity index (χ1v) is 6.86. The summed E-state index contributed by atoms with van der Waals surface area (Å²) in [6.07, 6.45) is 2.62. The lowest BCUT2D eigenvalue weighted by atomic mass is 10.1. The summed E-state index contributed by atoms with van der Waals surface area (Å²) in [6, 6.07) is 0. The molecular weight excluding hydrogens is 221 g/mol. The van der Waals surface area contributed by atoms with Crippen LogP contribution < -0.4 is 0 Å². The van der Waals surface area contributed by atoms with E-state index in [0.717, 1.165) is 12.2 Å². The lowest BCUT2D eigenvalue weighted by molar-refractivity contribution is -0.129. The van der Waals surface area contributed by atoms with Crippen molar-refractivity contribution in [1.29, 1.82) is 0 Å². The highest BCUT2D eigenvalue weighted by Gasteiger charge is 2.25. The Hall–Kier alpha value is 0.140. The van der Waals surface area contributed by atoms with Crippen LogP contribution in [0.2, 0.25) is 0 Å². The van der Waals surface area contributed by atoms with Crippen molar-refractivity contribution in [3.63, 3.8) is 0 Å². The van der Waals surface area contributed by atoms with Crippen LogP contribution in [0.4, 0.5) is 13.2 Å². The summed E-state index contributed by atoms with van der Waals surface area (Å²) in [5.74, 6) is 1.10. The first kappa shape index (κ1) is 15.1. The van der Waals surface area contributed by atoms with Crippen LogP contribution in [0.1, 0.15) is 51.9 Å². The van der Waals surface area contributed by atoms with Gasteiger partial charge in [-0.15, -0.1) is 0 Å². The van der Waals surface area contributed by atoms with Crippen molar-refractivity contribution in [1.82, 2.24) is 0 Å². The van der Waals surface area contributed by atoms with Crippen molar-refractivity contribution >= 4 is 11.8 Å². The zero-order valence-corrected chi connectivity index (χ0v) is 10.2. The maximum Gasteiger partial charge on any atom is 0.389 e. The van der Waals surface area contributed by atoms with Gasteiger partial charge in [0.1, 0.15) is 0 Å². The highest BCUT2D eigenvalue weighted by molar-refractivity contribution is 7.99. The molecule has 0 saturated heterocycles. The minimum absolute atomic E-state index is 0.221. The molecule has 0 fully saturated rings. The number of hydrogen-bond donors (Lipinski definition) is 0. The molecule has 0 rings (SSSR count). The quantitative estimate of drug-likeness (QED) is 0.511. The summed E-state index contributed by atoms with van der Waals surface area (Å²) < 4.78 is 35.3. The third-order valence-electron chi connectivity index (χ3n) is 2.17. The Balaban J connectivity index is 2.99. The van der Waals surface area contributed by atoms with Crippen LogP contribution in [0.25, 0.3) is 0 Å². The Morgan fingerprint density at radius 3 is 2.07 bits per heavy atom. The van der Waals surface area contributed by atoms with Gasteiger partial charge >= 0.3 is 6.18 Å². The molecule has 0 radical (unpaired) electrons. The maximum absolute atomic E-state index is 11.8. The van der Waals surface area contributed by atoms with Gasteiger partial charge in [0, 0.05) is 5.75 Å². The molecular formula is C11H21F3S. The van der Waals surface area contributed by atoms with Crippen LogP contribution in [-0.2, 0) is 0 Å². The van der Waals surface area contributed by atoms with Crippen molar-refractivity contribution in [3.05, 3.63) is 0 Å². The highest BCUT2D eigenvalue weighted by atomic mass is 32.2. The molecule has 0 N–H and O–H groups in total. The molecule has 0 spiro atoms. The average molecular weight is 242 g/mol. The minimum atomic E-state index is -3.98. The fourth-order valence-corrected chi connectivity index (χ4v) is 2.26. The fraction of sp³-hybridized carbons (Fsp3) is 1.00. The normalized spacial score (nSPS) is 12.0. The molecule has 0 heterocycles. The molecule has 0 aromatic heterocycles. The van der Waals surface area contributed by atoms with Crippen LogP contribution in [0.5, 0.6) is 0 Å². The van der Waals surface area contributed by atoms with Crippen LogP contribution >= 0.6 is 11.8 Å². The van der Waals surface area contributed by atoms with E-state index in [0.29, 0.717) is 0 Å². The van der Waals surface area contributed by atoms with Gasteiger partial charge in [0.15, 0.2) is 0 Å². The third-order valence-corrected chi connectivity index (χ3v) is 3.24. The smallest absolute Gasteiger partial charge is 0.171 e. The standard InChI is InChI=1S/C11H21F3S/c1-2-3-4-5-6-7-9-15-10-8-11(12,13)14/h2-10H2,1H3. The first-order chi connectivity index (χ1) is 7.06. The van der Waals surface area contributed by atoms with Crippen LogP contribution in [-0.4, -0.2) is 17.7 Å². The Kier molecular flexibility index (Phi) is 9.46. The van der Waals surface area contributed by atoms with Gasteiger partial charge in [0.25, 0.3) is 0 Å². The van der Waals surface area contributed by atoms with E-state index in [2.05, 4.69) is 6.92 Å². The molecule has 0 aliphatic rings. The molecule has 0 aromatic carbocycles. The average Bonchev–Trinajstić information content (AvgIpc) is 2.14. The molecule has 4 heteroatoms. The number of thioether (sulfide) groups is 1. The summed E-state index contributed by atoms with van der Waals surface area (Å²) in [5, 5.41) is 0. The lowest BCUT2D eigenvalue weighted by Crippen LogP contribution is -2.08. The van der Waals surface area contributed by atoms with E-state index >= 15 is 0 Å².